The Hall–Kier alpha value is -1.56. The van der Waals surface area contributed by atoms with Crippen LogP contribution in [-0.4, -0.2) is 0 Å². The molecule has 0 nitrogen and oxygen atoms in total. The molecule has 0 radical (unpaired) electrons. The number of rotatable bonds is 2. The van der Waals surface area contributed by atoms with Gasteiger partial charge in [0.25, 0.3) is 0 Å². The molecule has 0 atom stereocenters. The fourth-order valence-corrected chi connectivity index (χ4v) is 2.30. The number of hydrogen-bond donors (Lipinski definition) is 0. The van der Waals surface area contributed by atoms with Crippen LogP contribution in [0.15, 0.2) is 47.6 Å². The molecule has 21 heavy (non-hydrogen) atoms. The number of hydrogen-bond acceptors (Lipinski definition) is 0. The van der Waals surface area contributed by atoms with Crippen molar-refractivity contribution in [3.8, 4) is 0 Å². The highest BCUT2D eigenvalue weighted by molar-refractivity contribution is 5.55. The fraction of sp³-hybridized carbons (Fsp3) is 0.429. The predicted molar refractivity (Wildman–Crippen MR) is 96.6 cm³/mol. The molecule has 0 unspecified atom stereocenters. The Labute approximate surface area is 130 Å². The molecule has 0 aliphatic heterocycles. The zero-order valence-electron chi connectivity index (χ0n) is 14.6. The summed E-state index contributed by atoms with van der Waals surface area (Å²) in [6.07, 6.45) is 7.96. The molecule has 0 amide bonds. The Bertz CT molecular complexity index is 594. The van der Waals surface area contributed by atoms with E-state index in [1.54, 1.807) is 0 Å². The Morgan fingerprint density at radius 2 is 1.38 bits per heavy atom. The SMILES string of the molecule is CC/C(C)=C\C=C(C)C.CC1=c2ccccc2=C(C)CC1. The van der Waals surface area contributed by atoms with Crippen molar-refractivity contribution in [2.75, 3.05) is 0 Å². The van der Waals surface area contributed by atoms with Crippen molar-refractivity contribution in [1.29, 1.82) is 0 Å². The highest BCUT2D eigenvalue weighted by Crippen LogP contribution is 2.12. The third kappa shape index (κ3) is 5.75. The second-order valence-corrected chi connectivity index (χ2v) is 6.22. The first kappa shape index (κ1) is 17.5. The van der Waals surface area contributed by atoms with Gasteiger partial charge in [-0.15, -0.1) is 0 Å². The molecule has 1 aliphatic carbocycles. The van der Waals surface area contributed by atoms with Crippen LogP contribution >= 0.6 is 0 Å². The monoisotopic (exact) mass is 282 g/mol. The fourth-order valence-electron chi connectivity index (χ4n) is 2.30. The van der Waals surface area contributed by atoms with Gasteiger partial charge in [0.1, 0.15) is 0 Å². The zero-order chi connectivity index (χ0) is 15.8. The molecule has 0 saturated heterocycles. The van der Waals surface area contributed by atoms with E-state index in [1.807, 2.05) is 0 Å². The number of allylic oxidation sites excluding steroid dienone is 4. The van der Waals surface area contributed by atoms with Crippen molar-refractivity contribution in [3.05, 3.63) is 58.0 Å². The molecule has 2 rings (SSSR count). The summed E-state index contributed by atoms with van der Waals surface area (Å²) in [6, 6.07) is 8.71. The lowest BCUT2D eigenvalue weighted by Gasteiger charge is -2.10. The highest BCUT2D eigenvalue weighted by atomic mass is 14.1. The van der Waals surface area contributed by atoms with Crippen LogP contribution in [0.2, 0.25) is 0 Å². The summed E-state index contributed by atoms with van der Waals surface area (Å²) in [5.41, 5.74) is 5.88. The summed E-state index contributed by atoms with van der Waals surface area (Å²) in [5, 5.41) is 2.92. The third-order valence-corrected chi connectivity index (χ3v) is 3.98. The lowest BCUT2D eigenvalue weighted by molar-refractivity contribution is 1.02. The van der Waals surface area contributed by atoms with Gasteiger partial charge in [0.05, 0.1) is 0 Å². The van der Waals surface area contributed by atoms with Crippen LogP contribution in [0.1, 0.15) is 60.8 Å². The lowest BCUT2D eigenvalue weighted by atomic mass is 9.96. The van der Waals surface area contributed by atoms with Crippen molar-refractivity contribution in [2.24, 2.45) is 0 Å². The van der Waals surface area contributed by atoms with Gasteiger partial charge in [0, 0.05) is 0 Å². The second kappa shape index (κ2) is 8.67. The van der Waals surface area contributed by atoms with Crippen molar-refractivity contribution in [2.45, 2.75) is 60.8 Å². The summed E-state index contributed by atoms with van der Waals surface area (Å²) in [4.78, 5) is 0. The van der Waals surface area contributed by atoms with E-state index >= 15 is 0 Å². The molecule has 0 heterocycles. The Morgan fingerprint density at radius 1 is 0.905 bits per heavy atom. The molecular formula is C21H30. The first-order chi connectivity index (χ1) is 9.95. The van der Waals surface area contributed by atoms with Gasteiger partial charge in [0.15, 0.2) is 0 Å². The van der Waals surface area contributed by atoms with Crippen LogP contribution in [0.25, 0.3) is 11.1 Å². The molecule has 114 valence electrons. The molecule has 1 aromatic carbocycles. The lowest BCUT2D eigenvalue weighted by Crippen LogP contribution is -2.30. The Balaban J connectivity index is 0.000000222. The smallest absolute Gasteiger partial charge is 0.0195 e. The molecular weight excluding hydrogens is 252 g/mol. The Morgan fingerprint density at radius 3 is 1.76 bits per heavy atom. The van der Waals surface area contributed by atoms with Gasteiger partial charge in [0.2, 0.25) is 0 Å². The molecule has 0 N–H and O–H groups in total. The van der Waals surface area contributed by atoms with Crippen LogP contribution in [0, 0.1) is 0 Å². The first-order valence-corrected chi connectivity index (χ1v) is 8.01. The minimum absolute atomic E-state index is 1.16. The van der Waals surface area contributed by atoms with Crippen LogP contribution < -0.4 is 10.4 Å². The highest BCUT2D eigenvalue weighted by Gasteiger charge is 2.02. The third-order valence-electron chi connectivity index (χ3n) is 3.98. The van der Waals surface area contributed by atoms with Crippen molar-refractivity contribution < 1.29 is 0 Å². The maximum Gasteiger partial charge on any atom is -0.0195 e. The van der Waals surface area contributed by atoms with Gasteiger partial charge in [-0.25, -0.2) is 0 Å². The number of benzene rings is 1. The summed E-state index contributed by atoms with van der Waals surface area (Å²) < 4.78 is 0. The van der Waals surface area contributed by atoms with Crippen molar-refractivity contribution in [3.63, 3.8) is 0 Å². The second-order valence-electron chi connectivity index (χ2n) is 6.22. The maximum atomic E-state index is 2.24. The van der Waals surface area contributed by atoms with Crippen LogP contribution in [-0.2, 0) is 0 Å². The summed E-state index contributed by atoms with van der Waals surface area (Å²) in [6.45, 7) is 13.0. The van der Waals surface area contributed by atoms with Gasteiger partial charge < -0.3 is 0 Å². The van der Waals surface area contributed by atoms with Crippen molar-refractivity contribution in [1.82, 2.24) is 0 Å². The number of fused-ring (bicyclic) bond motifs is 1. The molecule has 0 heteroatoms. The molecule has 0 saturated carbocycles. The van der Waals surface area contributed by atoms with E-state index < -0.39 is 0 Å². The van der Waals surface area contributed by atoms with Gasteiger partial charge in [-0.3, -0.25) is 0 Å². The average Bonchev–Trinajstić information content (AvgIpc) is 2.49. The van der Waals surface area contributed by atoms with Crippen LogP contribution in [0.3, 0.4) is 0 Å². The molecule has 1 aromatic rings. The van der Waals surface area contributed by atoms with E-state index in [4.69, 9.17) is 0 Å². The molecule has 0 spiro atoms. The van der Waals surface area contributed by atoms with Gasteiger partial charge in [-0.05, 0) is 64.3 Å². The minimum atomic E-state index is 1.16. The van der Waals surface area contributed by atoms with E-state index in [2.05, 4.69) is 78.0 Å². The zero-order valence-corrected chi connectivity index (χ0v) is 14.6. The van der Waals surface area contributed by atoms with E-state index in [1.165, 1.54) is 45.6 Å². The quantitative estimate of drug-likeness (QED) is 0.660. The molecule has 0 aromatic heterocycles. The molecule has 1 aliphatic rings. The standard InChI is InChI=1S/C12H14.C9H16/c1-9-7-8-10(2)12-6-4-3-5-11(9)12;1-5-9(4)7-6-8(2)3/h3-6H,7-8H2,1-2H3;6-7H,5H2,1-4H3/b;9-7-. The van der Waals surface area contributed by atoms with Crippen molar-refractivity contribution >= 4 is 11.1 Å². The predicted octanol–water partition coefficient (Wildman–Crippen LogP) is 5.13. The maximum absolute atomic E-state index is 2.24. The average molecular weight is 282 g/mol. The summed E-state index contributed by atoms with van der Waals surface area (Å²) in [5.74, 6) is 0. The van der Waals surface area contributed by atoms with Gasteiger partial charge in [-0.2, -0.15) is 0 Å². The van der Waals surface area contributed by atoms with Gasteiger partial charge in [-0.1, -0.05) is 65.6 Å². The topological polar surface area (TPSA) is 0 Å². The minimum Gasteiger partial charge on any atom is -0.0764 e. The summed E-state index contributed by atoms with van der Waals surface area (Å²) >= 11 is 0. The van der Waals surface area contributed by atoms with E-state index in [-0.39, 0.29) is 0 Å². The summed E-state index contributed by atoms with van der Waals surface area (Å²) in [7, 11) is 0. The molecule has 0 fully saturated rings. The Kier molecular flexibility index (Phi) is 7.22. The van der Waals surface area contributed by atoms with E-state index in [9.17, 15) is 0 Å². The van der Waals surface area contributed by atoms with Crippen LogP contribution in [0.5, 0.6) is 0 Å². The molecule has 0 bridgehead atoms. The van der Waals surface area contributed by atoms with E-state index in [0.29, 0.717) is 0 Å². The largest absolute Gasteiger partial charge is 0.0764 e. The van der Waals surface area contributed by atoms with Crippen LogP contribution in [0.4, 0.5) is 0 Å². The normalized spacial score (nSPS) is 14.1. The first-order valence-electron chi connectivity index (χ1n) is 8.01. The van der Waals surface area contributed by atoms with E-state index in [0.717, 1.165) is 6.42 Å². The van der Waals surface area contributed by atoms with Gasteiger partial charge >= 0.3 is 0 Å².